The quantitative estimate of drug-likeness (QED) is 0.299. The molecule has 0 amide bonds. The number of benzene rings is 1. The molecule has 0 spiro atoms. The fourth-order valence-electron chi connectivity index (χ4n) is 2.12. The molecule has 13 heteroatoms. The van der Waals surface area contributed by atoms with Crippen molar-refractivity contribution in [3.63, 3.8) is 0 Å². The molecule has 0 unspecified atom stereocenters. The molecule has 0 atom stereocenters. The zero-order chi connectivity index (χ0) is 19.6. The largest absolute Gasteiger partial charge is 0.481 e. The molecule has 1 aromatic heterocycles. The first kappa shape index (κ1) is 20.1. The fraction of sp³-hybridized carbons (Fsp3) is 0.231. The minimum Gasteiger partial charge on any atom is -0.481 e. The maximum absolute atomic E-state index is 14.4. The number of carboxylic acid groups (broad SMARTS) is 1. The Kier molecular flexibility index (Phi) is 5.88. The van der Waals surface area contributed by atoms with Gasteiger partial charge in [0.1, 0.15) is 11.5 Å². The number of hydrogen-bond acceptors (Lipinski definition) is 7. The Morgan fingerprint density at radius 3 is 2.65 bits per heavy atom. The number of alkyl halides is 1. The van der Waals surface area contributed by atoms with Crippen LogP contribution in [-0.2, 0) is 20.5 Å². The number of nitrogens with zero attached hydrogens (tertiary/aromatic N) is 2. The highest BCUT2D eigenvalue weighted by atomic mass is 35.5. The van der Waals surface area contributed by atoms with Crippen molar-refractivity contribution in [3.05, 3.63) is 33.6 Å². The van der Waals surface area contributed by atoms with Gasteiger partial charge in [0.25, 0.3) is 5.69 Å². The summed E-state index contributed by atoms with van der Waals surface area (Å²) in [4.78, 5) is 20.9. The molecule has 140 valence electrons. The van der Waals surface area contributed by atoms with Crippen LogP contribution in [0.2, 0.25) is 0 Å². The third-order valence-electron chi connectivity index (χ3n) is 3.19. The van der Waals surface area contributed by atoms with E-state index in [1.807, 2.05) is 0 Å². The van der Waals surface area contributed by atoms with Gasteiger partial charge in [0.05, 0.1) is 27.5 Å². The third-order valence-corrected chi connectivity index (χ3v) is 5.56. The summed E-state index contributed by atoms with van der Waals surface area (Å²) in [5.74, 6) is -3.02. The van der Waals surface area contributed by atoms with E-state index in [1.54, 1.807) is 0 Å². The van der Waals surface area contributed by atoms with Crippen molar-refractivity contribution in [1.82, 2.24) is 10.2 Å². The number of aliphatic carboxylic acids is 1. The summed E-state index contributed by atoms with van der Waals surface area (Å²) in [5.41, 5.74) is -0.949. The minimum atomic E-state index is -3.71. The SMILES string of the molecule is CS(=O)(=O)c1[nH]nc(-c2cc(SCC(=O)O)c([N+](=O)[O-])cc2F)c1CCl. The van der Waals surface area contributed by atoms with Crippen molar-refractivity contribution in [3.8, 4) is 11.3 Å². The van der Waals surface area contributed by atoms with Gasteiger partial charge in [-0.2, -0.15) is 5.10 Å². The highest BCUT2D eigenvalue weighted by Crippen LogP contribution is 2.37. The lowest BCUT2D eigenvalue weighted by Gasteiger charge is -2.07. The van der Waals surface area contributed by atoms with Crippen LogP contribution in [0, 0.1) is 15.9 Å². The normalized spacial score (nSPS) is 11.5. The van der Waals surface area contributed by atoms with Gasteiger partial charge in [-0.15, -0.1) is 23.4 Å². The number of hydrogen-bond donors (Lipinski definition) is 2. The molecule has 0 aliphatic rings. The van der Waals surface area contributed by atoms with Crippen molar-refractivity contribution in [2.75, 3.05) is 12.0 Å². The van der Waals surface area contributed by atoms with Crippen LogP contribution < -0.4 is 0 Å². The van der Waals surface area contributed by atoms with Gasteiger partial charge in [-0.3, -0.25) is 20.0 Å². The second-order valence-electron chi connectivity index (χ2n) is 5.02. The fourth-order valence-corrected chi connectivity index (χ4v) is 4.05. The van der Waals surface area contributed by atoms with E-state index in [9.17, 15) is 27.7 Å². The van der Waals surface area contributed by atoms with E-state index in [2.05, 4.69) is 10.2 Å². The molecule has 9 nitrogen and oxygen atoms in total. The topological polar surface area (TPSA) is 143 Å². The number of aromatic nitrogens is 2. The number of thioether (sulfide) groups is 1. The lowest BCUT2D eigenvalue weighted by atomic mass is 10.1. The lowest BCUT2D eigenvalue weighted by Crippen LogP contribution is -2.02. The Morgan fingerprint density at radius 1 is 1.50 bits per heavy atom. The molecule has 0 saturated heterocycles. The van der Waals surface area contributed by atoms with Crippen LogP contribution in [0.5, 0.6) is 0 Å². The predicted octanol–water partition coefficient (Wildman–Crippen LogP) is 2.44. The van der Waals surface area contributed by atoms with Gasteiger partial charge in [-0.05, 0) is 6.07 Å². The van der Waals surface area contributed by atoms with Gasteiger partial charge in [-0.1, -0.05) is 0 Å². The van der Waals surface area contributed by atoms with Crippen molar-refractivity contribution < 1.29 is 27.6 Å². The van der Waals surface area contributed by atoms with Gasteiger partial charge in [-0.25, -0.2) is 12.8 Å². The maximum Gasteiger partial charge on any atom is 0.313 e. The summed E-state index contributed by atoms with van der Waals surface area (Å²) in [5, 5.41) is 25.6. The molecule has 2 rings (SSSR count). The van der Waals surface area contributed by atoms with Gasteiger partial charge < -0.3 is 5.11 Å². The Hall–Kier alpha value is -2.18. The molecule has 1 aromatic carbocycles. The molecule has 0 saturated carbocycles. The molecular formula is C13H11ClFN3O6S2. The molecular weight excluding hydrogens is 413 g/mol. The van der Waals surface area contributed by atoms with Gasteiger partial charge in [0.15, 0.2) is 14.9 Å². The van der Waals surface area contributed by atoms with Crippen LogP contribution in [0.1, 0.15) is 5.56 Å². The Morgan fingerprint density at radius 2 is 2.15 bits per heavy atom. The number of sulfone groups is 1. The first-order chi connectivity index (χ1) is 12.1. The smallest absolute Gasteiger partial charge is 0.313 e. The standard InChI is InChI=1S/C13H11ClFN3O6S2/c1-26(23,24)13-7(4-14)12(16-17-13)6-2-10(25-5-11(19)20)9(18(21)22)3-8(6)15/h2-3H,4-5H2,1H3,(H,16,17)(H,19,20). The molecule has 0 radical (unpaired) electrons. The van der Waals surface area contributed by atoms with E-state index in [0.717, 1.165) is 12.3 Å². The number of carboxylic acids is 1. The van der Waals surface area contributed by atoms with E-state index in [-0.39, 0.29) is 32.6 Å². The monoisotopic (exact) mass is 423 g/mol. The van der Waals surface area contributed by atoms with E-state index in [4.69, 9.17) is 16.7 Å². The minimum absolute atomic E-state index is 0.0103. The molecule has 2 N–H and O–H groups in total. The summed E-state index contributed by atoms with van der Waals surface area (Å²) < 4.78 is 37.9. The number of nitro benzene ring substituents is 1. The second kappa shape index (κ2) is 7.60. The van der Waals surface area contributed by atoms with E-state index in [0.29, 0.717) is 17.8 Å². The Bertz CT molecular complexity index is 992. The number of nitro groups is 1. The number of nitrogens with one attached hydrogen (secondary N) is 1. The van der Waals surface area contributed by atoms with Crippen molar-refractivity contribution >= 4 is 44.9 Å². The Labute approximate surface area is 155 Å². The van der Waals surface area contributed by atoms with Crippen molar-refractivity contribution in [2.45, 2.75) is 15.8 Å². The molecule has 2 aromatic rings. The highest BCUT2D eigenvalue weighted by Gasteiger charge is 2.26. The van der Waals surface area contributed by atoms with Crippen LogP contribution in [0.15, 0.2) is 22.1 Å². The van der Waals surface area contributed by atoms with Crippen LogP contribution in [0.3, 0.4) is 0 Å². The maximum atomic E-state index is 14.4. The van der Waals surface area contributed by atoms with Crippen LogP contribution in [0.4, 0.5) is 10.1 Å². The first-order valence-corrected chi connectivity index (χ1v) is 10.1. The van der Waals surface area contributed by atoms with Crippen LogP contribution in [0.25, 0.3) is 11.3 Å². The predicted molar refractivity (Wildman–Crippen MR) is 91.7 cm³/mol. The zero-order valence-corrected chi connectivity index (χ0v) is 15.4. The number of rotatable bonds is 7. The molecule has 0 aliphatic heterocycles. The van der Waals surface area contributed by atoms with E-state index < -0.39 is 38.0 Å². The van der Waals surface area contributed by atoms with E-state index >= 15 is 0 Å². The van der Waals surface area contributed by atoms with Crippen LogP contribution >= 0.6 is 23.4 Å². The van der Waals surface area contributed by atoms with Gasteiger partial charge >= 0.3 is 5.97 Å². The Balaban J connectivity index is 2.67. The average molecular weight is 424 g/mol. The van der Waals surface area contributed by atoms with Crippen molar-refractivity contribution in [2.24, 2.45) is 0 Å². The average Bonchev–Trinajstić information content (AvgIpc) is 2.97. The van der Waals surface area contributed by atoms with E-state index in [1.165, 1.54) is 0 Å². The first-order valence-electron chi connectivity index (χ1n) is 6.72. The van der Waals surface area contributed by atoms with Gasteiger partial charge in [0.2, 0.25) is 0 Å². The zero-order valence-electron chi connectivity index (χ0n) is 13.0. The summed E-state index contributed by atoms with van der Waals surface area (Å²) in [6, 6.07) is 1.69. The lowest BCUT2D eigenvalue weighted by molar-refractivity contribution is -0.387. The molecule has 1 heterocycles. The molecule has 0 bridgehead atoms. The summed E-state index contributed by atoms with van der Waals surface area (Å²) >= 11 is 6.40. The highest BCUT2D eigenvalue weighted by molar-refractivity contribution is 8.00. The van der Waals surface area contributed by atoms with Gasteiger partial charge in [0, 0.05) is 17.4 Å². The van der Waals surface area contributed by atoms with Crippen molar-refractivity contribution in [1.29, 1.82) is 0 Å². The third kappa shape index (κ3) is 4.14. The summed E-state index contributed by atoms with van der Waals surface area (Å²) in [6.07, 6.45) is 0.917. The molecule has 26 heavy (non-hydrogen) atoms. The number of aromatic amines is 1. The number of carbonyl (C=O) groups is 1. The van der Waals surface area contributed by atoms with Crippen LogP contribution in [-0.4, -0.2) is 46.6 Å². The summed E-state index contributed by atoms with van der Waals surface area (Å²) in [6.45, 7) is 0. The molecule has 0 aliphatic carbocycles. The number of H-pyrrole nitrogens is 1. The summed E-state index contributed by atoms with van der Waals surface area (Å²) in [7, 11) is -3.71. The molecule has 0 fully saturated rings. The number of halogens is 2. The second-order valence-corrected chi connectivity index (χ2v) is 8.26.